The van der Waals surface area contributed by atoms with Crippen molar-refractivity contribution < 1.29 is 0 Å². The summed E-state index contributed by atoms with van der Waals surface area (Å²) in [5.74, 6) is 4.56. The quantitative estimate of drug-likeness (QED) is 0.445. The van der Waals surface area contributed by atoms with Crippen LogP contribution >= 0.6 is 16.4 Å². The molecule has 0 aliphatic rings. The molecule has 0 radical (unpaired) electrons. The van der Waals surface area contributed by atoms with Gasteiger partial charge in [0.25, 0.3) is 0 Å². The van der Waals surface area contributed by atoms with Crippen LogP contribution in [0.4, 0.5) is 0 Å². The van der Waals surface area contributed by atoms with E-state index < -0.39 is 0 Å². The third kappa shape index (κ3) is 2.31. The van der Waals surface area contributed by atoms with Crippen molar-refractivity contribution in [3.63, 3.8) is 0 Å². The van der Waals surface area contributed by atoms with Gasteiger partial charge in [0.15, 0.2) is 0 Å². The highest BCUT2D eigenvalue weighted by Gasteiger charge is 2.00. The van der Waals surface area contributed by atoms with Crippen LogP contribution in [0.3, 0.4) is 0 Å². The molecule has 2 heterocycles. The first kappa shape index (κ1) is 12.3. The maximum absolute atomic E-state index is 2.36. The van der Waals surface area contributed by atoms with Gasteiger partial charge < -0.3 is 0 Å². The van der Waals surface area contributed by atoms with Gasteiger partial charge in [0.2, 0.25) is 0 Å². The summed E-state index contributed by atoms with van der Waals surface area (Å²) in [7, 11) is 1.73. The van der Waals surface area contributed by atoms with E-state index in [-0.39, 0.29) is 0 Å². The summed E-state index contributed by atoms with van der Waals surface area (Å²) in [5.41, 5.74) is 2.91. The van der Waals surface area contributed by atoms with Gasteiger partial charge in [-0.05, 0) is 56.6 Å². The molecule has 98 valence electrons. The molecule has 4 aromatic rings. The fraction of sp³-hybridized carbons (Fsp3) is 0.111. The molecule has 0 N–H and O–H groups in total. The second-order valence-corrected chi connectivity index (χ2v) is 7.62. The third-order valence-electron chi connectivity index (χ3n) is 3.94. The minimum Gasteiger partial charge on any atom is -0.132 e. The van der Waals surface area contributed by atoms with Crippen molar-refractivity contribution in [2.75, 3.05) is 0 Å². The molecule has 2 aromatic heterocycles. The summed E-state index contributed by atoms with van der Waals surface area (Å²) in [6.07, 6.45) is 2.27. The molecule has 0 amide bonds. The van der Waals surface area contributed by atoms with Crippen molar-refractivity contribution >= 4 is 37.4 Å². The van der Waals surface area contributed by atoms with Crippen LogP contribution in [-0.2, 0) is 12.8 Å². The minimum absolute atomic E-state index is 0.867. The van der Waals surface area contributed by atoms with E-state index in [4.69, 9.17) is 0 Å². The maximum Gasteiger partial charge on any atom is -0.00181 e. The lowest BCUT2D eigenvalue weighted by atomic mass is 10.0. The molecule has 0 saturated carbocycles. The van der Waals surface area contributed by atoms with Gasteiger partial charge in [0.1, 0.15) is 0 Å². The van der Waals surface area contributed by atoms with Crippen molar-refractivity contribution in [2.45, 2.75) is 12.8 Å². The van der Waals surface area contributed by atoms with Gasteiger partial charge in [-0.25, -0.2) is 0 Å². The number of fused-ring (bicyclic) bond motifs is 2. The molecule has 2 aromatic carbocycles. The average Bonchev–Trinajstić information content (AvgIpc) is 3.12. The van der Waals surface area contributed by atoms with Crippen molar-refractivity contribution in [2.24, 2.45) is 0 Å². The Labute approximate surface area is 122 Å². The molecule has 2 heteroatoms. The molecule has 0 aliphatic carbocycles. The Hall–Kier alpha value is -1.48. The summed E-state index contributed by atoms with van der Waals surface area (Å²) in [4.78, 5) is 0. The normalized spacial score (nSPS) is 12.2. The zero-order chi connectivity index (χ0) is 13.4. The van der Waals surface area contributed by atoms with Gasteiger partial charge >= 0.3 is 0 Å². The molecule has 20 heavy (non-hydrogen) atoms. The SMILES string of the molecule is c1cc2cc(CCc3ccc4[pH]ccc4c3)ccc2[pH]1. The summed E-state index contributed by atoms with van der Waals surface area (Å²) in [5, 5.41) is 5.85. The number of hydrogen-bond acceptors (Lipinski definition) is 0. The standard InChI is InChI=1S/C18H16P2/c1(13-3-5-17-15(11-13)7-9-19-17)2-14-4-6-18-16(12-14)8-10-20-18/h3-12,19-20H,1-2H2. The summed E-state index contributed by atoms with van der Waals surface area (Å²) >= 11 is 0. The van der Waals surface area contributed by atoms with Crippen molar-refractivity contribution in [3.8, 4) is 0 Å². The Morgan fingerprint density at radius 2 is 1.10 bits per heavy atom. The van der Waals surface area contributed by atoms with Gasteiger partial charge in [0, 0.05) is 0 Å². The van der Waals surface area contributed by atoms with Crippen LogP contribution in [0.1, 0.15) is 11.1 Å². The summed E-state index contributed by atoms with van der Waals surface area (Å²) < 4.78 is 0. The van der Waals surface area contributed by atoms with Crippen molar-refractivity contribution in [3.05, 3.63) is 71.3 Å². The zero-order valence-corrected chi connectivity index (χ0v) is 13.2. The Morgan fingerprint density at radius 1 is 0.600 bits per heavy atom. The van der Waals surface area contributed by atoms with Gasteiger partial charge in [-0.15, -0.1) is 16.4 Å². The van der Waals surface area contributed by atoms with E-state index in [9.17, 15) is 0 Å². The van der Waals surface area contributed by atoms with Crippen LogP contribution in [-0.4, -0.2) is 0 Å². The highest BCUT2D eigenvalue weighted by atomic mass is 31.0. The van der Waals surface area contributed by atoms with Crippen molar-refractivity contribution in [1.29, 1.82) is 0 Å². The number of aryl methyl sites for hydroxylation is 2. The van der Waals surface area contributed by atoms with E-state index in [1.165, 1.54) is 32.1 Å². The Balaban J connectivity index is 1.56. The van der Waals surface area contributed by atoms with Crippen LogP contribution in [0.5, 0.6) is 0 Å². The van der Waals surface area contributed by atoms with E-state index in [2.05, 4.69) is 60.1 Å². The molecule has 0 spiro atoms. The first-order valence-corrected chi connectivity index (χ1v) is 9.16. The van der Waals surface area contributed by atoms with E-state index in [0.717, 1.165) is 29.2 Å². The topological polar surface area (TPSA) is 0 Å². The first-order valence-electron chi connectivity index (χ1n) is 7.00. The number of hydrogen-bond donors (Lipinski definition) is 0. The Morgan fingerprint density at radius 3 is 1.60 bits per heavy atom. The second-order valence-electron chi connectivity index (χ2n) is 5.30. The monoisotopic (exact) mass is 294 g/mol. The van der Waals surface area contributed by atoms with Gasteiger partial charge in [0.05, 0.1) is 0 Å². The molecule has 0 bridgehead atoms. The smallest absolute Gasteiger partial charge is 0.00181 e. The van der Waals surface area contributed by atoms with E-state index >= 15 is 0 Å². The van der Waals surface area contributed by atoms with E-state index in [1.807, 2.05) is 0 Å². The predicted octanol–water partition coefficient (Wildman–Crippen LogP) is 5.84. The molecule has 0 aliphatic heterocycles. The maximum atomic E-state index is 2.36. The zero-order valence-electron chi connectivity index (χ0n) is 11.2. The van der Waals surface area contributed by atoms with Crippen LogP contribution < -0.4 is 0 Å². The fourth-order valence-corrected chi connectivity index (χ4v) is 4.69. The highest BCUT2D eigenvalue weighted by Crippen LogP contribution is 2.28. The largest absolute Gasteiger partial charge is 0.132 e. The molecule has 2 unspecified atom stereocenters. The molecule has 0 saturated heterocycles. The predicted molar refractivity (Wildman–Crippen MR) is 94.3 cm³/mol. The highest BCUT2D eigenvalue weighted by molar-refractivity contribution is 7.36. The lowest BCUT2D eigenvalue weighted by Gasteiger charge is -2.03. The first-order chi connectivity index (χ1) is 9.88. The van der Waals surface area contributed by atoms with Crippen molar-refractivity contribution in [1.82, 2.24) is 0 Å². The van der Waals surface area contributed by atoms with Crippen LogP contribution in [0.15, 0.2) is 60.1 Å². The van der Waals surface area contributed by atoms with E-state index in [1.54, 1.807) is 0 Å². The van der Waals surface area contributed by atoms with Gasteiger partial charge in [-0.1, -0.05) is 48.5 Å². The van der Waals surface area contributed by atoms with Crippen LogP contribution in [0, 0.1) is 0 Å². The molecular formula is C18H16P2. The Bertz CT molecular complexity index is 793. The van der Waals surface area contributed by atoms with Gasteiger partial charge in [-0.2, -0.15) is 0 Å². The van der Waals surface area contributed by atoms with Gasteiger partial charge in [-0.3, -0.25) is 0 Å². The number of benzene rings is 2. The second kappa shape index (κ2) is 5.13. The lowest BCUT2D eigenvalue weighted by Crippen LogP contribution is -1.90. The Kier molecular flexibility index (Phi) is 3.15. The minimum atomic E-state index is 0.867. The molecule has 2 atom stereocenters. The van der Waals surface area contributed by atoms with E-state index in [0.29, 0.717) is 0 Å². The van der Waals surface area contributed by atoms with Crippen LogP contribution in [0.25, 0.3) is 21.0 Å². The molecular weight excluding hydrogens is 278 g/mol. The third-order valence-corrected chi connectivity index (χ3v) is 6.14. The molecule has 0 nitrogen and oxygen atoms in total. The van der Waals surface area contributed by atoms with Crippen LogP contribution in [0.2, 0.25) is 0 Å². The summed E-state index contributed by atoms with van der Waals surface area (Å²) in [6, 6.07) is 18.4. The molecule has 4 rings (SSSR count). The fourth-order valence-electron chi connectivity index (χ4n) is 2.81. The number of rotatable bonds is 3. The lowest BCUT2D eigenvalue weighted by molar-refractivity contribution is 0.965. The molecule has 0 fully saturated rings. The summed E-state index contributed by atoms with van der Waals surface area (Å²) in [6.45, 7) is 0. The average molecular weight is 294 g/mol.